The lowest BCUT2D eigenvalue weighted by Gasteiger charge is -2.19. The van der Waals surface area contributed by atoms with E-state index in [4.69, 9.17) is 9.73 Å². The Morgan fingerprint density at radius 2 is 1.73 bits per heavy atom. The third-order valence-electron chi connectivity index (χ3n) is 3.98. The Hall–Kier alpha value is -2.81. The molecule has 0 saturated heterocycles. The van der Waals surface area contributed by atoms with Crippen LogP contribution < -0.4 is 20.2 Å². The van der Waals surface area contributed by atoms with E-state index in [1.807, 2.05) is 49.3 Å². The average Bonchev–Trinajstić information content (AvgIpc) is 2.53. The summed E-state index contributed by atoms with van der Waals surface area (Å²) in [5.74, 6) is 1.56. The normalized spacial score (nSPS) is 12.1. The van der Waals surface area contributed by atoms with Crippen molar-refractivity contribution in [2.24, 2.45) is 4.99 Å². The van der Waals surface area contributed by atoms with Gasteiger partial charge in [0.2, 0.25) is 0 Å². The molecule has 0 spiro atoms. The van der Waals surface area contributed by atoms with Gasteiger partial charge in [-0.15, -0.1) is 0 Å². The van der Waals surface area contributed by atoms with Crippen LogP contribution in [0.1, 0.15) is 0 Å². The fourth-order valence-electron chi connectivity index (χ4n) is 2.79. The molecule has 1 heterocycles. The van der Waals surface area contributed by atoms with Crippen LogP contribution in [0.4, 0.5) is 11.4 Å². The van der Waals surface area contributed by atoms with Crippen LogP contribution in [0.3, 0.4) is 0 Å². The molecule has 3 heteroatoms. The quantitative estimate of drug-likeness (QED) is 0.536. The largest absolute Gasteiger partial charge is 0.453 e. The van der Waals surface area contributed by atoms with Crippen LogP contribution in [-0.4, -0.2) is 14.1 Å². The van der Waals surface area contributed by atoms with Gasteiger partial charge in [0, 0.05) is 31.2 Å². The van der Waals surface area contributed by atoms with E-state index in [9.17, 15) is 0 Å². The topological polar surface area (TPSA) is 24.8 Å². The molecule has 22 heavy (non-hydrogen) atoms. The summed E-state index contributed by atoms with van der Waals surface area (Å²) in [5.41, 5.74) is 1.95. The summed E-state index contributed by atoms with van der Waals surface area (Å²) >= 11 is 0. The number of nitrogens with zero attached hydrogens (tertiary/aromatic N) is 2. The second kappa shape index (κ2) is 4.60. The van der Waals surface area contributed by atoms with Gasteiger partial charge in [-0.3, -0.25) is 0 Å². The smallest absolute Gasteiger partial charge is 0.155 e. The molecule has 3 aromatic carbocycles. The summed E-state index contributed by atoms with van der Waals surface area (Å²) in [5, 5.41) is 4.03. The van der Waals surface area contributed by atoms with Crippen LogP contribution in [-0.2, 0) is 0 Å². The van der Waals surface area contributed by atoms with Crippen LogP contribution in [0.2, 0.25) is 0 Å². The second-order valence-electron chi connectivity index (χ2n) is 5.69. The van der Waals surface area contributed by atoms with Gasteiger partial charge in [0.1, 0.15) is 11.0 Å². The number of benzene rings is 3. The maximum Gasteiger partial charge on any atom is 0.155 e. The van der Waals surface area contributed by atoms with Crippen molar-refractivity contribution < 1.29 is 4.74 Å². The Kier molecular flexibility index (Phi) is 2.70. The third-order valence-corrected chi connectivity index (χ3v) is 3.98. The molecule has 0 unspecified atom stereocenters. The monoisotopic (exact) mass is 288 g/mol. The molecule has 1 aliphatic rings. The molecule has 0 N–H and O–H groups in total. The lowest BCUT2D eigenvalue weighted by atomic mass is 10.1. The van der Waals surface area contributed by atoms with Crippen molar-refractivity contribution in [1.82, 2.24) is 0 Å². The number of anilines is 1. The highest BCUT2D eigenvalue weighted by Gasteiger charge is 2.15. The molecule has 0 aromatic heterocycles. The lowest BCUT2D eigenvalue weighted by Crippen LogP contribution is -2.16. The van der Waals surface area contributed by atoms with Gasteiger partial charge in [-0.25, -0.2) is 4.99 Å². The summed E-state index contributed by atoms with van der Waals surface area (Å²) in [6.07, 6.45) is 0. The van der Waals surface area contributed by atoms with Crippen molar-refractivity contribution in [3.8, 4) is 11.5 Å². The minimum absolute atomic E-state index is 0.770. The summed E-state index contributed by atoms with van der Waals surface area (Å²) < 4.78 is 6.10. The van der Waals surface area contributed by atoms with Gasteiger partial charge in [-0.1, -0.05) is 30.8 Å². The number of fused-ring (bicyclic) bond motifs is 4. The van der Waals surface area contributed by atoms with E-state index < -0.39 is 0 Å². The van der Waals surface area contributed by atoms with E-state index >= 15 is 0 Å². The summed E-state index contributed by atoms with van der Waals surface area (Å²) in [6, 6.07) is 16.2. The highest BCUT2D eigenvalue weighted by Crippen LogP contribution is 2.36. The minimum Gasteiger partial charge on any atom is -0.453 e. The zero-order chi connectivity index (χ0) is 15.3. The molecule has 4 rings (SSSR count). The zero-order valence-corrected chi connectivity index (χ0v) is 12.6. The van der Waals surface area contributed by atoms with Crippen molar-refractivity contribution in [1.29, 1.82) is 0 Å². The Balaban J connectivity index is 2.03. The summed E-state index contributed by atoms with van der Waals surface area (Å²) in [4.78, 5) is 6.86. The van der Waals surface area contributed by atoms with Gasteiger partial charge in [0.25, 0.3) is 0 Å². The van der Waals surface area contributed by atoms with Gasteiger partial charge in [-0.2, -0.15) is 0 Å². The van der Waals surface area contributed by atoms with E-state index in [0.29, 0.717) is 0 Å². The predicted molar refractivity (Wildman–Crippen MR) is 90.8 cm³/mol. The van der Waals surface area contributed by atoms with Crippen molar-refractivity contribution in [3.63, 3.8) is 0 Å². The maximum absolute atomic E-state index is 6.10. The van der Waals surface area contributed by atoms with Gasteiger partial charge in [0.15, 0.2) is 11.5 Å². The fourth-order valence-corrected chi connectivity index (χ4v) is 2.79. The highest BCUT2D eigenvalue weighted by atomic mass is 16.5. The maximum atomic E-state index is 6.10. The van der Waals surface area contributed by atoms with E-state index in [-0.39, 0.29) is 0 Å². The molecular formula is C19H16N2O. The van der Waals surface area contributed by atoms with Crippen molar-refractivity contribution in [2.45, 2.75) is 0 Å². The summed E-state index contributed by atoms with van der Waals surface area (Å²) in [7, 11) is 4.02. The first kappa shape index (κ1) is 12.9. The first-order valence-electron chi connectivity index (χ1n) is 7.22. The molecule has 0 saturated carbocycles. The van der Waals surface area contributed by atoms with Gasteiger partial charge < -0.3 is 9.64 Å². The molecule has 0 bridgehead atoms. The first-order chi connectivity index (χ1) is 10.6. The van der Waals surface area contributed by atoms with Gasteiger partial charge in [-0.05, 0) is 28.8 Å². The number of hydrogen-bond acceptors (Lipinski definition) is 3. The van der Waals surface area contributed by atoms with Crippen LogP contribution in [0.15, 0.2) is 53.5 Å². The molecule has 3 nitrogen and oxygen atoms in total. The molecule has 108 valence electrons. The van der Waals surface area contributed by atoms with E-state index in [0.717, 1.165) is 44.2 Å². The molecule has 0 amide bonds. The molecule has 0 fully saturated rings. The molecule has 3 aromatic rings. The first-order valence-corrected chi connectivity index (χ1v) is 7.22. The number of hydrogen-bond donors (Lipinski definition) is 0. The SMILES string of the molecule is C=c1cc2c(c3ccccc13)=Nc1ccc(N(C)C)cc1O2. The number of ether oxygens (including phenoxy) is 1. The summed E-state index contributed by atoms with van der Waals surface area (Å²) in [6.45, 7) is 4.13. The van der Waals surface area contributed by atoms with Crippen molar-refractivity contribution >= 4 is 28.7 Å². The van der Waals surface area contributed by atoms with E-state index in [1.54, 1.807) is 0 Å². The van der Waals surface area contributed by atoms with Gasteiger partial charge in [0.05, 0.1) is 0 Å². The van der Waals surface area contributed by atoms with Crippen LogP contribution in [0, 0.1) is 0 Å². The number of rotatable bonds is 1. The molecule has 1 aliphatic heterocycles. The third kappa shape index (κ3) is 1.86. The highest BCUT2D eigenvalue weighted by molar-refractivity contribution is 5.85. The average molecular weight is 288 g/mol. The van der Waals surface area contributed by atoms with Crippen LogP contribution in [0.25, 0.3) is 17.4 Å². The van der Waals surface area contributed by atoms with Crippen LogP contribution in [0.5, 0.6) is 11.5 Å². The molecule has 0 aliphatic carbocycles. The zero-order valence-electron chi connectivity index (χ0n) is 12.6. The Morgan fingerprint density at radius 1 is 0.955 bits per heavy atom. The van der Waals surface area contributed by atoms with E-state index in [2.05, 4.69) is 24.8 Å². The van der Waals surface area contributed by atoms with Crippen molar-refractivity contribution in [3.05, 3.63) is 59.1 Å². The Morgan fingerprint density at radius 3 is 2.50 bits per heavy atom. The minimum atomic E-state index is 0.770. The van der Waals surface area contributed by atoms with E-state index in [1.165, 1.54) is 0 Å². The molecule has 0 atom stereocenters. The lowest BCUT2D eigenvalue weighted by molar-refractivity contribution is 0.471. The predicted octanol–water partition coefficient (Wildman–Crippen LogP) is 3.37. The standard InChI is InChI=1S/C19H16N2O/c1-12-10-18-19(15-7-5-4-6-14(12)15)20-16-9-8-13(21(2)3)11-17(16)22-18/h4-11H,1H2,2-3H3. The molecule has 0 radical (unpaired) electrons. The Labute approximate surface area is 128 Å². The second-order valence-corrected chi connectivity index (χ2v) is 5.69. The molecular weight excluding hydrogens is 272 g/mol. The fraction of sp³-hybridized carbons (Fsp3) is 0.105. The Bertz CT molecular complexity index is 1010. The van der Waals surface area contributed by atoms with Gasteiger partial charge >= 0.3 is 0 Å². The van der Waals surface area contributed by atoms with Crippen LogP contribution >= 0.6 is 0 Å². The van der Waals surface area contributed by atoms with Crippen molar-refractivity contribution in [2.75, 3.05) is 19.0 Å².